The van der Waals surface area contributed by atoms with E-state index in [1.165, 1.54) is 0 Å². The maximum atomic E-state index is 12.2. The van der Waals surface area contributed by atoms with E-state index in [0.29, 0.717) is 16.7 Å². The van der Waals surface area contributed by atoms with Crippen LogP contribution < -0.4 is 15.6 Å². The smallest absolute Gasteiger partial charge is 0.260 e. The summed E-state index contributed by atoms with van der Waals surface area (Å²) in [4.78, 5) is 31.2. The molecule has 24 heavy (non-hydrogen) atoms. The average Bonchev–Trinajstić information content (AvgIpc) is 2.55. The minimum Gasteiger partial charge on any atom is -0.497 e. The number of carbonyl (C=O) groups excluding carboxylic acids is 1. The Bertz CT molecular complexity index is 963. The van der Waals surface area contributed by atoms with Crippen molar-refractivity contribution in [2.45, 2.75) is 13.3 Å². The molecule has 6 heteroatoms. The fourth-order valence-corrected chi connectivity index (χ4v) is 2.46. The van der Waals surface area contributed by atoms with E-state index >= 15 is 0 Å². The van der Waals surface area contributed by atoms with E-state index in [1.54, 1.807) is 25.3 Å². The van der Waals surface area contributed by atoms with Crippen molar-refractivity contribution in [3.63, 3.8) is 0 Å². The van der Waals surface area contributed by atoms with Crippen LogP contribution in [-0.4, -0.2) is 23.0 Å². The number of aromatic amines is 1. The Kier molecular flexibility index (Phi) is 4.29. The van der Waals surface area contributed by atoms with Crippen molar-refractivity contribution in [2.24, 2.45) is 0 Å². The van der Waals surface area contributed by atoms with E-state index in [1.807, 2.05) is 31.2 Å². The number of rotatable bonds is 4. The molecule has 0 radical (unpaired) electrons. The number of nitrogens with zero attached hydrogens (tertiary/aromatic N) is 1. The molecule has 3 rings (SSSR count). The molecule has 1 heterocycles. The van der Waals surface area contributed by atoms with E-state index in [4.69, 9.17) is 4.74 Å². The normalized spacial score (nSPS) is 10.6. The second-order valence-corrected chi connectivity index (χ2v) is 5.51. The molecule has 0 fully saturated rings. The summed E-state index contributed by atoms with van der Waals surface area (Å²) in [6.07, 6.45) is 0.160. The maximum Gasteiger partial charge on any atom is 0.260 e. The maximum absolute atomic E-state index is 12.2. The lowest BCUT2D eigenvalue weighted by molar-refractivity contribution is -0.115. The first-order valence-corrected chi connectivity index (χ1v) is 7.48. The largest absolute Gasteiger partial charge is 0.497 e. The highest BCUT2D eigenvalue weighted by molar-refractivity contribution is 5.91. The molecule has 0 aliphatic rings. The van der Waals surface area contributed by atoms with Crippen molar-refractivity contribution in [3.05, 3.63) is 63.9 Å². The number of hydrogen-bond donors (Lipinski definition) is 2. The number of methoxy groups -OCH3 is 1. The van der Waals surface area contributed by atoms with Crippen LogP contribution in [0, 0.1) is 6.92 Å². The predicted molar refractivity (Wildman–Crippen MR) is 92.4 cm³/mol. The molecule has 0 saturated heterocycles. The zero-order valence-corrected chi connectivity index (χ0v) is 13.4. The molecule has 0 spiro atoms. The first-order valence-electron chi connectivity index (χ1n) is 7.48. The lowest BCUT2D eigenvalue weighted by Gasteiger charge is -2.07. The Morgan fingerprint density at radius 1 is 1.25 bits per heavy atom. The number of carbonyl (C=O) groups is 1. The fourth-order valence-electron chi connectivity index (χ4n) is 2.46. The van der Waals surface area contributed by atoms with Crippen LogP contribution in [0.3, 0.4) is 0 Å². The van der Waals surface area contributed by atoms with Crippen LogP contribution in [-0.2, 0) is 11.2 Å². The predicted octanol–water partition coefficient (Wildman–Crippen LogP) is 2.42. The van der Waals surface area contributed by atoms with Crippen molar-refractivity contribution in [1.29, 1.82) is 0 Å². The van der Waals surface area contributed by atoms with E-state index in [2.05, 4.69) is 15.3 Å². The summed E-state index contributed by atoms with van der Waals surface area (Å²) in [5.41, 5.74) is 2.05. The van der Waals surface area contributed by atoms with Crippen molar-refractivity contribution >= 4 is 22.8 Å². The monoisotopic (exact) mass is 323 g/mol. The number of fused-ring (bicyclic) bond motifs is 1. The summed E-state index contributed by atoms with van der Waals surface area (Å²) in [5, 5.41) is 3.13. The molecular weight excluding hydrogens is 306 g/mol. The Balaban J connectivity index is 1.80. The number of hydrogen-bond acceptors (Lipinski definition) is 4. The summed E-state index contributed by atoms with van der Waals surface area (Å²) in [7, 11) is 1.57. The highest BCUT2D eigenvalue weighted by Crippen LogP contribution is 2.14. The number of aromatic nitrogens is 2. The van der Waals surface area contributed by atoms with E-state index in [0.717, 1.165) is 11.1 Å². The minimum absolute atomic E-state index is 0.143. The molecule has 0 saturated carbocycles. The fraction of sp³-hybridized carbons (Fsp3) is 0.167. The molecular formula is C18H17N3O3. The summed E-state index contributed by atoms with van der Waals surface area (Å²) >= 11 is 0. The SMILES string of the molecule is COc1cccc(CC(=O)Nc2nc3ccc(C)cc3c(=O)[nH]2)c1. The number of aryl methyl sites for hydroxylation is 1. The summed E-state index contributed by atoms with van der Waals surface area (Å²) in [5.74, 6) is 0.565. The Labute approximate surface area is 138 Å². The van der Waals surface area contributed by atoms with Crippen LogP contribution in [0.4, 0.5) is 5.95 Å². The molecule has 1 aromatic heterocycles. The van der Waals surface area contributed by atoms with Crippen molar-refractivity contribution < 1.29 is 9.53 Å². The minimum atomic E-state index is -0.277. The van der Waals surface area contributed by atoms with Crippen molar-refractivity contribution in [3.8, 4) is 5.75 Å². The highest BCUT2D eigenvalue weighted by atomic mass is 16.5. The molecule has 6 nitrogen and oxygen atoms in total. The molecule has 2 N–H and O–H groups in total. The van der Waals surface area contributed by atoms with Crippen LogP contribution in [0.25, 0.3) is 10.9 Å². The molecule has 1 amide bonds. The summed E-state index contributed by atoms with van der Waals surface area (Å²) in [6, 6.07) is 12.7. The quantitative estimate of drug-likeness (QED) is 0.772. The van der Waals surface area contributed by atoms with E-state index in [-0.39, 0.29) is 23.8 Å². The van der Waals surface area contributed by atoms with E-state index < -0.39 is 0 Å². The second kappa shape index (κ2) is 6.54. The lowest BCUT2D eigenvalue weighted by Crippen LogP contribution is -2.20. The van der Waals surface area contributed by atoms with Gasteiger partial charge in [0.05, 0.1) is 24.4 Å². The van der Waals surface area contributed by atoms with Crippen LogP contribution in [0.15, 0.2) is 47.3 Å². The van der Waals surface area contributed by atoms with Gasteiger partial charge in [-0.2, -0.15) is 0 Å². The summed E-state index contributed by atoms with van der Waals surface area (Å²) in [6.45, 7) is 1.91. The highest BCUT2D eigenvalue weighted by Gasteiger charge is 2.09. The van der Waals surface area contributed by atoms with Crippen LogP contribution in [0.2, 0.25) is 0 Å². The topological polar surface area (TPSA) is 84.1 Å². The van der Waals surface area contributed by atoms with Gasteiger partial charge in [0.15, 0.2) is 0 Å². The van der Waals surface area contributed by atoms with Gasteiger partial charge >= 0.3 is 0 Å². The van der Waals surface area contributed by atoms with Gasteiger partial charge in [0.25, 0.3) is 5.56 Å². The molecule has 0 aliphatic heterocycles. The molecule has 0 unspecified atom stereocenters. The average molecular weight is 323 g/mol. The molecule has 0 bridgehead atoms. The van der Waals surface area contributed by atoms with Gasteiger partial charge in [0.2, 0.25) is 11.9 Å². The van der Waals surface area contributed by atoms with Gasteiger partial charge < -0.3 is 4.74 Å². The zero-order chi connectivity index (χ0) is 17.1. The van der Waals surface area contributed by atoms with Gasteiger partial charge in [-0.05, 0) is 36.8 Å². The summed E-state index contributed by atoms with van der Waals surface area (Å²) < 4.78 is 5.14. The Morgan fingerprint density at radius 3 is 2.88 bits per heavy atom. The Morgan fingerprint density at radius 2 is 2.08 bits per heavy atom. The van der Waals surface area contributed by atoms with Crippen LogP contribution in [0.1, 0.15) is 11.1 Å². The number of H-pyrrole nitrogens is 1. The number of benzene rings is 2. The standard InChI is InChI=1S/C18H17N3O3/c1-11-6-7-15-14(8-11)17(23)21-18(19-15)20-16(22)10-12-4-3-5-13(9-12)24-2/h3-9H,10H2,1-2H3,(H2,19,20,21,22,23). The molecule has 0 aliphatic carbocycles. The van der Waals surface area contributed by atoms with Crippen LogP contribution >= 0.6 is 0 Å². The first-order chi connectivity index (χ1) is 11.5. The van der Waals surface area contributed by atoms with Gasteiger partial charge in [-0.25, -0.2) is 4.98 Å². The van der Waals surface area contributed by atoms with Gasteiger partial charge in [-0.3, -0.25) is 19.9 Å². The van der Waals surface area contributed by atoms with Gasteiger partial charge in [-0.1, -0.05) is 23.8 Å². The number of nitrogens with one attached hydrogen (secondary N) is 2. The van der Waals surface area contributed by atoms with Gasteiger partial charge in [-0.15, -0.1) is 0 Å². The molecule has 122 valence electrons. The van der Waals surface area contributed by atoms with E-state index in [9.17, 15) is 9.59 Å². The van der Waals surface area contributed by atoms with Crippen molar-refractivity contribution in [2.75, 3.05) is 12.4 Å². The van der Waals surface area contributed by atoms with Crippen molar-refractivity contribution in [1.82, 2.24) is 9.97 Å². The third-order valence-electron chi connectivity index (χ3n) is 3.62. The Hall–Kier alpha value is -3.15. The zero-order valence-electron chi connectivity index (χ0n) is 13.4. The van der Waals surface area contributed by atoms with Gasteiger partial charge in [0.1, 0.15) is 5.75 Å². The first kappa shape index (κ1) is 15.7. The van der Waals surface area contributed by atoms with Gasteiger partial charge in [0, 0.05) is 0 Å². The molecule has 3 aromatic rings. The van der Waals surface area contributed by atoms with Crippen LogP contribution in [0.5, 0.6) is 5.75 Å². The second-order valence-electron chi connectivity index (χ2n) is 5.51. The number of anilines is 1. The third kappa shape index (κ3) is 3.43. The lowest BCUT2D eigenvalue weighted by atomic mass is 10.1. The third-order valence-corrected chi connectivity index (χ3v) is 3.62. The number of ether oxygens (including phenoxy) is 1. The number of amides is 1. The molecule has 0 atom stereocenters. The molecule has 2 aromatic carbocycles.